The average molecular weight is 375 g/mol. The van der Waals surface area contributed by atoms with Crippen molar-refractivity contribution in [2.75, 3.05) is 18.5 Å². The number of para-hydroxylation sites is 1. The molecule has 0 unspecified atom stereocenters. The molecule has 0 saturated heterocycles. The Balaban J connectivity index is 1.58. The Labute approximate surface area is 163 Å². The highest BCUT2D eigenvalue weighted by Gasteiger charge is 2.03. The molecule has 3 aromatic rings. The lowest BCUT2D eigenvalue weighted by molar-refractivity contribution is -0.123. The molecule has 0 aliphatic heterocycles. The fourth-order valence-electron chi connectivity index (χ4n) is 2.64. The third kappa shape index (κ3) is 5.17. The number of aromatic nitrogens is 1. The molecule has 0 radical (unpaired) electrons. The molecule has 6 nitrogen and oxygen atoms in total. The smallest absolute Gasteiger partial charge is 0.257 e. The highest BCUT2D eigenvalue weighted by Crippen LogP contribution is 2.18. The zero-order chi connectivity index (χ0) is 19.8. The van der Waals surface area contributed by atoms with Gasteiger partial charge in [0.25, 0.3) is 5.91 Å². The van der Waals surface area contributed by atoms with E-state index in [1.807, 2.05) is 37.3 Å². The Morgan fingerprint density at radius 3 is 2.64 bits per heavy atom. The SMILES string of the molecule is CCNC(=O)COc1ccc(NC(=O)/C=C/c2cccc3cccnc23)cc1. The van der Waals surface area contributed by atoms with Gasteiger partial charge in [-0.15, -0.1) is 0 Å². The molecule has 0 fully saturated rings. The van der Waals surface area contributed by atoms with E-state index in [1.165, 1.54) is 6.08 Å². The van der Waals surface area contributed by atoms with E-state index in [2.05, 4.69) is 15.6 Å². The van der Waals surface area contributed by atoms with Gasteiger partial charge in [0, 0.05) is 35.5 Å². The molecule has 0 atom stereocenters. The molecule has 142 valence electrons. The summed E-state index contributed by atoms with van der Waals surface area (Å²) in [5, 5.41) is 6.47. The fraction of sp³-hybridized carbons (Fsp3) is 0.136. The molecule has 2 N–H and O–H groups in total. The molecule has 0 aliphatic rings. The molecule has 0 spiro atoms. The van der Waals surface area contributed by atoms with Gasteiger partial charge in [-0.25, -0.2) is 0 Å². The predicted octanol–water partition coefficient (Wildman–Crippen LogP) is 3.40. The molecule has 2 amide bonds. The number of amides is 2. The van der Waals surface area contributed by atoms with Gasteiger partial charge in [0.2, 0.25) is 5.91 Å². The minimum atomic E-state index is -0.246. The molecule has 0 saturated carbocycles. The molecule has 28 heavy (non-hydrogen) atoms. The minimum absolute atomic E-state index is 0.0403. The first-order chi connectivity index (χ1) is 13.7. The lowest BCUT2D eigenvalue weighted by Gasteiger charge is -2.07. The number of fused-ring (bicyclic) bond motifs is 1. The number of hydrogen-bond donors (Lipinski definition) is 2. The van der Waals surface area contributed by atoms with Crippen LogP contribution in [-0.4, -0.2) is 29.9 Å². The first kappa shape index (κ1) is 19.1. The van der Waals surface area contributed by atoms with Gasteiger partial charge in [0.05, 0.1) is 5.52 Å². The van der Waals surface area contributed by atoms with Crippen LogP contribution in [0.15, 0.2) is 66.9 Å². The molecular formula is C22H21N3O3. The summed E-state index contributed by atoms with van der Waals surface area (Å²) in [6.45, 7) is 2.37. The molecule has 3 rings (SSSR count). The van der Waals surface area contributed by atoms with Crippen molar-refractivity contribution < 1.29 is 14.3 Å². The average Bonchev–Trinajstić information content (AvgIpc) is 2.72. The van der Waals surface area contributed by atoms with Crippen molar-refractivity contribution in [2.24, 2.45) is 0 Å². The van der Waals surface area contributed by atoms with Crippen LogP contribution in [0.4, 0.5) is 5.69 Å². The first-order valence-electron chi connectivity index (χ1n) is 8.98. The summed E-state index contributed by atoms with van der Waals surface area (Å²) in [5.74, 6) is 0.137. The Morgan fingerprint density at radius 2 is 1.86 bits per heavy atom. The van der Waals surface area contributed by atoms with Crippen LogP contribution in [0.3, 0.4) is 0 Å². The van der Waals surface area contributed by atoms with Gasteiger partial charge in [-0.3, -0.25) is 14.6 Å². The molecule has 1 heterocycles. The number of ether oxygens (including phenoxy) is 1. The number of anilines is 1. The summed E-state index contributed by atoms with van der Waals surface area (Å²) in [7, 11) is 0. The van der Waals surface area contributed by atoms with Gasteiger partial charge in [0.15, 0.2) is 6.61 Å². The second-order valence-electron chi connectivity index (χ2n) is 6.01. The molecular weight excluding hydrogens is 354 g/mol. The number of hydrogen-bond acceptors (Lipinski definition) is 4. The third-order valence-electron chi connectivity index (χ3n) is 3.94. The molecule has 0 aliphatic carbocycles. The first-order valence-corrected chi connectivity index (χ1v) is 8.98. The zero-order valence-corrected chi connectivity index (χ0v) is 15.5. The number of carbonyl (C=O) groups is 2. The summed E-state index contributed by atoms with van der Waals surface area (Å²) < 4.78 is 5.38. The number of carbonyl (C=O) groups excluding carboxylic acids is 2. The number of likely N-dealkylation sites (N-methyl/N-ethyl adjacent to an activating group) is 1. The van der Waals surface area contributed by atoms with Crippen LogP contribution in [0.5, 0.6) is 5.75 Å². The number of benzene rings is 2. The lowest BCUT2D eigenvalue weighted by atomic mass is 10.1. The fourth-order valence-corrected chi connectivity index (χ4v) is 2.64. The second-order valence-corrected chi connectivity index (χ2v) is 6.01. The van der Waals surface area contributed by atoms with E-state index in [-0.39, 0.29) is 18.4 Å². The van der Waals surface area contributed by atoms with E-state index < -0.39 is 0 Å². The Kier molecular flexibility index (Phi) is 6.36. The van der Waals surface area contributed by atoms with Crippen LogP contribution < -0.4 is 15.4 Å². The molecule has 1 aromatic heterocycles. The van der Waals surface area contributed by atoms with Crippen LogP contribution in [0, 0.1) is 0 Å². The maximum absolute atomic E-state index is 12.2. The Bertz CT molecular complexity index is 992. The van der Waals surface area contributed by atoms with E-state index in [0.717, 1.165) is 16.5 Å². The van der Waals surface area contributed by atoms with Crippen molar-refractivity contribution in [3.63, 3.8) is 0 Å². The van der Waals surface area contributed by atoms with Crippen molar-refractivity contribution in [1.82, 2.24) is 10.3 Å². The summed E-state index contributed by atoms with van der Waals surface area (Å²) in [4.78, 5) is 28.0. The summed E-state index contributed by atoms with van der Waals surface area (Å²) in [5.41, 5.74) is 2.36. The number of rotatable bonds is 7. The minimum Gasteiger partial charge on any atom is -0.484 e. The Hall–Kier alpha value is -3.67. The summed E-state index contributed by atoms with van der Waals surface area (Å²) in [6, 6.07) is 16.5. The van der Waals surface area contributed by atoms with Crippen molar-refractivity contribution in [3.8, 4) is 5.75 Å². The Morgan fingerprint density at radius 1 is 1.07 bits per heavy atom. The van der Waals surface area contributed by atoms with Crippen LogP contribution in [0.2, 0.25) is 0 Å². The monoisotopic (exact) mass is 375 g/mol. The maximum Gasteiger partial charge on any atom is 0.257 e. The summed E-state index contributed by atoms with van der Waals surface area (Å²) in [6.07, 6.45) is 4.95. The van der Waals surface area contributed by atoms with Crippen molar-refractivity contribution in [3.05, 3.63) is 72.4 Å². The number of nitrogens with zero attached hydrogens (tertiary/aromatic N) is 1. The van der Waals surface area contributed by atoms with E-state index in [1.54, 1.807) is 36.5 Å². The second kappa shape index (κ2) is 9.32. The normalized spacial score (nSPS) is 10.8. The van der Waals surface area contributed by atoms with Gasteiger partial charge in [-0.1, -0.05) is 24.3 Å². The largest absolute Gasteiger partial charge is 0.484 e. The highest BCUT2D eigenvalue weighted by atomic mass is 16.5. The van der Waals surface area contributed by atoms with E-state index >= 15 is 0 Å². The quantitative estimate of drug-likeness (QED) is 0.620. The van der Waals surface area contributed by atoms with Gasteiger partial charge in [-0.2, -0.15) is 0 Å². The van der Waals surface area contributed by atoms with Gasteiger partial charge >= 0.3 is 0 Å². The van der Waals surface area contributed by atoms with Crippen molar-refractivity contribution in [2.45, 2.75) is 6.92 Å². The molecule has 6 heteroatoms. The van der Waals surface area contributed by atoms with Crippen LogP contribution in [0.25, 0.3) is 17.0 Å². The van der Waals surface area contributed by atoms with Crippen LogP contribution in [-0.2, 0) is 9.59 Å². The lowest BCUT2D eigenvalue weighted by Crippen LogP contribution is -2.28. The topological polar surface area (TPSA) is 80.3 Å². The maximum atomic E-state index is 12.2. The number of nitrogens with one attached hydrogen (secondary N) is 2. The van der Waals surface area contributed by atoms with E-state index in [0.29, 0.717) is 18.0 Å². The highest BCUT2D eigenvalue weighted by molar-refractivity contribution is 6.03. The standard InChI is InChI=1S/C22H21N3O3/c1-2-23-21(27)15-28-19-11-9-18(10-12-19)25-20(26)13-8-17-6-3-5-16-7-4-14-24-22(16)17/h3-14H,2,15H2,1H3,(H,23,27)(H,25,26)/b13-8+. The van der Waals surface area contributed by atoms with E-state index in [4.69, 9.17) is 4.74 Å². The van der Waals surface area contributed by atoms with Gasteiger partial charge in [-0.05, 0) is 43.3 Å². The van der Waals surface area contributed by atoms with E-state index in [9.17, 15) is 9.59 Å². The zero-order valence-electron chi connectivity index (χ0n) is 15.5. The predicted molar refractivity (Wildman–Crippen MR) is 110 cm³/mol. The van der Waals surface area contributed by atoms with Crippen LogP contribution >= 0.6 is 0 Å². The van der Waals surface area contributed by atoms with Crippen LogP contribution in [0.1, 0.15) is 12.5 Å². The summed E-state index contributed by atoms with van der Waals surface area (Å²) >= 11 is 0. The van der Waals surface area contributed by atoms with Gasteiger partial charge < -0.3 is 15.4 Å². The van der Waals surface area contributed by atoms with Crippen molar-refractivity contribution in [1.29, 1.82) is 0 Å². The molecule has 0 bridgehead atoms. The molecule has 2 aromatic carbocycles. The van der Waals surface area contributed by atoms with Gasteiger partial charge in [0.1, 0.15) is 5.75 Å². The number of pyridine rings is 1. The third-order valence-corrected chi connectivity index (χ3v) is 3.94. The van der Waals surface area contributed by atoms with Crippen molar-refractivity contribution >= 4 is 34.5 Å².